The van der Waals surface area contributed by atoms with Gasteiger partial charge in [-0.15, -0.1) is 0 Å². The lowest BCUT2D eigenvalue weighted by molar-refractivity contribution is -0.137. The van der Waals surface area contributed by atoms with E-state index >= 15 is 0 Å². The Morgan fingerprint density at radius 2 is 1.77 bits per heavy atom. The molecule has 2 aromatic carbocycles. The van der Waals surface area contributed by atoms with E-state index in [0.717, 1.165) is 18.4 Å². The molecule has 0 unspecified atom stereocenters. The fraction of sp³-hybridized carbons (Fsp3) is 0.167. The number of halogens is 3. The predicted molar refractivity (Wildman–Crippen MR) is 90.2 cm³/mol. The summed E-state index contributed by atoms with van der Waals surface area (Å²) in [4.78, 5) is 12.0. The van der Waals surface area contributed by atoms with Crippen LogP contribution in [0, 0.1) is 11.8 Å². The van der Waals surface area contributed by atoms with E-state index in [9.17, 15) is 26.4 Å². The topological polar surface area (TPSA) is 63.2 Å². The van der Waals surface area contributed by atoms with Gasteiger partial charge in [0.1, 0.15) is 0 Å². The minimum absolute atomic E-state index is 0.0666. The zero-order chi connectivity index (χ0) is 19.4. The zero-order valence-corrected chi connectivity index (χ0v) is 14.4. The van der Waals surface area contributed by atoms with Crippen molar-refractivity contribution in [1.82, 2.24) is 5.32 Å². The molecule has 0 aliphatic carbocycles. The van der Waals surface area contributed by atoms with Gasteiger partial charge in [0.05, 0.1) is 17.0 Å². The van der Waals surface area contributed by atoms with Crippen LogP contribution in [0.2, 0.25) is 0 Å². The first-order valence-corrected chi connectivity index (χ1v) is 9.21. The summed E-state index contributed by atoms with van der Waals surface area (Å²) < 4.78 is 60.5. The van der Waals surface area contributed by atoms with E-state index < -0.39 is 27.5 Å². The second-order valence-electron chi connectivity index (χ2n) is 5.36. The van der Waals surface area contributed by atoms with Crippen LogP contribution in [0.1, 0.15) is 21.5 Å². The van der Waals surface area contributed by atoms with Crippen LogP contribution < -0.4 is 5.32 Å². The van der Waals surface area contributed by atoms with Gasteiger partial charge in [-0.05, 0) is 42.5 Å². The molecular formula is C18H14F3NO3S. The zero-order valence-electron chi connectivity index (χ0n) is 13.6. The molecule has 26 heavy (non-hydrogen) atoms. The van der Waals surface area contributed by atoms with E-state index in [1.165, 1.54) is 36.4 Å². The van der Waals surface area contributed by atoms with Gasteiger partial charge in [0.15, 0.2) is 9.84 Å². The molecule has 1 amide bonds. The van der Waals surface area contributed by atoms with Crippen molar-refractivity contribution in [1.29, 1.82) is 0 Å². The summed E-state index contributed by atoms with van der Waals surface area (Å²) in [5, 5.41) is 2.49. The van der Waals surface area contributed by atoms with E-state index in [-0.39, 0.29) is 22.6 Å². The van der Waals surface area contributed by atoms with Crippen LogP contribution in [-0.4, -0.2) is 27.1 Å². The van der Waals surface area contributed by atoms with Crippen LogP contribution in [0.3, 0.4) is 0 Å². The lowest BCUT2D eigenvalue weighted by Gasteiger charge is -2.05. The summed E-state index contributed by atoms with van der Waals surface area (Å²) in [6, 6.07) is 9.95. The van der Waals surface area contributed by atoms with Crippen LogP contribution in [0.25, 0.3) is 0 Å². The third-order valence-corrected chi connectivity index (χ3v) is 4.43. The molecule has 0 atom stereocenters. The van der Waals surface area contributed by atoms with E-state index in [2.05, 4.69) is 17.2 Å². The quantitative estimate of drug-likeness (QED) is 0.832. The number of hydrogen-bond donors (Lipinski definition) is 1. The molecule has 0 heterocycles. The monoisotopic (exact) mass is 381 g/mol. The number of benzene rings is 2. The van der Waals surface area contributed by atoms with Gasteiger partial charge in [-0.1, -0.05) is 17.9 Å². The van der Waals surface area contributed by atoms with Crippen LogP contribution in [-0.2, 0) is 16.0 Å². The highest BCUT2D eigenvalue weighted by molar-refractivity contribution is 7.90. The summed E-state index contributed by atoms with van der Waals surface area (Å²) in [7, 11) is -3.35. The van der Waals surface area contributed by atoms with Gasteiger partial charge in [-0.3, -0.25) is 4.79 Å². The number of alkyl halides is 3. The highest BCUT2D eigenvalue weighted by Gasteiger charge is 2.30. The Labute approximate surface area is 149 Å². The number of sulfone groups is 1. The lowest BCUT2D eigenvalue weighted by Crippen LogP contribution is -2.23. The van der Waals surface area contributed by atoms with Crippen LogP contribution >= 0.6 is 0 Å². The minimum Gasteiger partial charge on any atom is -0.341 e. The molecule has 136 valence electrons. The number of nitrogens with one attached hydrogen (secondary N) is 1. The third kappa shape index (κ3) is 5.36. The van der Waals surface area contributed by atoms with Crippen molar-refractivity contribution in [2.45, 2.75) is 11.1 Å². The Morgan fingerprint density at radius 1 is 1.12 bits per heavy atom. The molecule has 0 aromatic heterocycles. The van der Waals surface area contributed by atoms with E-state index in [1.54, 1.807) is 0 Å². The van der Waals surface area contributed by atoms with Crippen molar-refractivity contribution < 1.29 is 26.4 Å². The summed E-state index contributed by atoms with van der Waals surface area (Å²) in [6.07, 6.45) is -3.38. The summed E-state index contributed by atoms with van der Waals surface area (Å²) in [6.45, 7) is -0.0666. The largest absolute Gasteiger partial charge is 0.416 e. The first-order valence-electron chi connectivity index (χ1n) is 7.32. The second kappa shape index (κ2) is 7.62. The number of rotatable bonds is 3. The number of carbonyl (C=O) groups is 1. The Balaban J connectivity index is 1.98. The van der Waals surface area contributed by atoms with Crippen LogP contribution in [0.4, 0.5) is 13.2 Å². The molecule has 0 fully saturated rings. The summed E-state index contributed by atoms with van der Waals surface area (Å²) >= 11 is 0. The van der Waals surface area contributed by atoms with E-state index in [4.69, 9.17) is 0 Å². The summed E-state index contributed by atoms with van der Waals surface area (Å²) in [5.41, 5.74) is -0.357. The first-order chi connectivity index (χ1) is 12.1. The molecule has 0 aliphatic heterocycles. The van der Waals surface area contributed by atoms with Gasteiger partial charge < -0.3 is 5.32 Å². The van der Waals surface area contributed by atoms with Crippen molar-refractivity contribution in [2.75, 3.05) is 12.8 Å². The van der Waals surface area contributed by atoms with Crippen molar-refractivity contribution in [3.8, 4) is 11.8 Å². The van der Waals surface area contributed by atoms with Gasteiger partial charge >= 0.3 is 6.18 Å². The Morgan fingerprint density at radius 3 is 2.35 bits per heavy atom. The molecule has 0 saturated carbocycles. The molecule has 0 bridgehead atoms. The molecule has 0 spiro atoms. The van der Waals surface area contributed by atoms with Crippen molar-refractivity contribution in [2.24, 2.45) is 0 Å². The van der Waals surface area contributed by atoms with Crippen LogP contribution in [0.15, 0.2) is 53.4 Å². The van der Waals surface area contributed by atoms with Gasteiger partial charge in [-0.2, -0.15) is 13.2 Å². The van der Waals surface area contributed by atoms with Gasteiger partial charge in [0, 0.05) is 17.4 Å². The second-order valence-corrected chi connectivity index (χ2v) is 7.38. The fourth-order valence-corrected chi connectivity index (χ4v) is 2.63. The molecular weight excluding hydrogens is 367 g/mol. The Hall–Kier alpha value is -2.79. The van der Waals surface area contributed by atoms with Gasteiger partial charge in [0.25, 0.3) is 5.91 Å². The predicted octanol–water partition coefficient (Wildman–Crippen LogP) is 2.89. The van der Waals surface area contributed by atoms with Crippen LogP contribution in [0.5, 0.6) is 0 Å². The third-order valence-electron chi connectivity index (χ3n) is 3.30. The molecule has 0 radical (unpaired) electrons. The van der Waals surface area contributed by atoms with Gasteiger partial charge in [0.2, 0.25) is 0 Å². The molecule has 1 N–H and O–H groups in total. The molecule has 0 saturated heterocycles. The Bertz CT molecular complexity index is 969. The lowest BCUT2D eigenvalue weighted by atomic mass is 10.1. The van der Waals surface area contributed by atoms with Crippen molar-refractivity contribution >= 4 is 15.7 Å². The SMILES string of the molecule is CS(=O)(=O)c1ccc(C(=O)NCC#Cc2cccc(C(F)(F)F)c2)cc1. The molecule has 8 heteroatoms. The normalized spacial score (nSPS) is 11.4. The van der Waals surface area contributed by atoms with Crippen molar-refractivity contribution in [3.05, 3.63) is 65.2 Å². The number of hydrogen-bond acceptors (Lipinski definition) is 3. The maximum atomic E-state index is 12.6. The highest BCUT2D eigenvalue weighted by Crippen LogP contribution is 2.29. The summed E-state index contributed by atoms with van der Waals surface area (Å²) in [5.74, 6) is 4.65. The molecule has 0 aliphatic rings. The first kappa shape index (κ1) is 19.5. The molecule has 4 nitrogen and oxygen atoms in total. The highest BCUT2D eigenvalue weighted by atomic mass is 32.2. The maximum absolute atomic E-state index is 12.6. The van der Waals surface area contributed by atoms with E-state index in [1.807, 2.05) is 0 Å². The number of amides is 1. The minimum atomic E-state index is -4.44. The average Bonchev–Trinajstić information content (AvgIpc) is 2.57. The fourth-order valence-electron chi connectivity index (χ4n) is 2.00. The maximum Gasteiger partial charge on any atom is 0.416 e. The number of carbonyl (C=O) groups excluding carboxylic acids is 1. The van der Waals surface area contributed by atoms with E-state index in [0.29, 0.717) is 0 Å². The van der Waals surface area contributed by atoms with Crippen molar-refractivity contribution in [3.63, 3.8) is 0 Å². The molecule has 2 rings (SSSR count). The van der Waals surface area contributed by atoms with Gasteiger partial charge in [-0.25, -0.2) is 8.42 Å². The Kier molecular flexibility index (Phi) is 5.73. The average molecular weight is 381 g/mol. The standard InChI is InChI=1S/C18H14F3NO3S/c1-26(24,25)16-9-7-14(8-10-16)17(23)22-11-3-5-13-4-2-6-15(12-13)18(19,20)21/h2,4,6-10,12H,11H2,1H3,(H,22,23). The molecule has 2 aromatic rings. The smallest absolute Gasteiger partial charge is 0.341 e.